The second kappa shape index (κ2) is 8.21. The van der Waals surface area contributed by atoms with Crippen LogP contribution < -0.4 is 10.6 Å². The molecular weight excluding hydrogens is 332 g/mol. The molecule has 7 heteroatoms. The molecule has 2 rings (SSSR count). The van der Waals surface area contributed by atoms with Crippen LogP contribution in [-0.2, 0) is 12.1 Å². The molecule has 24 heavy (non-hydrogen) atoms. The van der Waals surface area contributed by atoms with Gasteiger partial charge in [-0.05, 0) is 43.5 Å². The quantitative estimate of drug-likeness (QED) is 0.553. The standard InChI is InChI=1S/C17H21F2N3OS/c1-3-20-16(21-10-12-9-13(18)6-7-14(12)19)22-11-17(2,23)15-5-4-8-24-15/h4-9,23H,3,10-11H2,1-2H3,(H2,20,21,22). The lowest BCUT2D eigenvalue weighted by atomic mass is 10.1. The largest absolute Gasteiger partial charge is 0.383 e. The van der Waals surface area contributed by atoms with Crippen LogP contribution in [0.4, 0.5) is 8.78 Å². The fraction of sp³-hybridized carbons (Fsp3) is 0.353. The Kier molecular flexibility index (Phi) is 6.28. The number of thiophene rings is 1. The average molecular weight is 353 g/mol. The number of aliphatic hydroxyl groups is 1. The van der Waals surface area contributed by atoms with Gasteiger partial charge in [0.2, 0.25) is 0 Å². The number of guanidine groups is 1. The molecule has 1 heterocycles. The van der Waals surface area contributed by atoms with Gasteiger partial charge in [0.15, 0.2) is 5.96 Å². The number of hydrogen-bond acceptors (Lipinski definition) is 3. The Bertz CT molecular complexity index is 687. The minimum absolute atomic E-state index is 0.0000709. The van der Waals surface area contributed by atoms with Crippen LogP contribution in [0.15, 0.2) is 40.7 Å². The molecule has 0 fully saturated rings. The van der Waals surface area contributed by atoms with E-state index < -0.39 is 17.2 Å². The number of nitrogens with zero attached hydrogens (tertiary/aromatic N) is 1. The van der Waals surface area contributed by atoms with Crippen LogP contribution in [0.3, 0.4) is 0 Å². The number of rotatable bonds is 6. The maximum absolute atomic E-state index is 13.7. The van der Waals surface area contributed by atoms with Crippen LogP contribution >= 0.6 is 11.3 Å². The summed E-state index contributed by atoms with van der Waals surface area (Å²) in [6.45, 7) is 4.46. The van der Waals surface area contributed by atoms with Crippen molar-refractivity contribution in [3.05, 3.63) is 57.8 Å². The van der Waals surface area contributed by atoms with E-state index in [1.54, 1.807) is 6.92 Å². The van der Waals surface area contributed by atoms with Crippen molar-refractivity contribution in [3.8, 4) is 0 Å². The third kappa shape index (κ3) is 5.01. The van der Waals surface area contributed by atoms with Crippen LogP contribution in [0.1, 0.15) is 24.3 Å². The predicted molar refractivity (Wildman–Crippen MR) is 93.1 cm³/mol. The lowest BCUT2D eigenvalue weighted by molar-refractivity contribution is 0.0655. The number of aliphatic imine (C=N–C) groups is 1. The molecule has 0 radical (unpaired) electrons. The van der Waals surface area contributed by atoms with Crippen molar-refractivity contribution in [1.29, 1.82) is 0 Å². The summed E-state index contributed by atoms with van der Waals surface area (Å²) in [5.41, 5.74) is -0.869. The summed E-state index contributed by atoms with van der Waals surface area (Å²) in [5, 5.41) is 18.5. The van der Waals surface area contributed by atoms with Crippen LogP contribution in [-0.4, -0.2) is 24.2 Å². The molecular formula is C17H21F2N3OS. The monoisotopic (exact) mass is 353 g/mol. The molecule has 130 valence electrons. The first-order valence-electron chi connectivity index (χ1n) is 7.65. The van der Waals surface area contributed by atoms with Crippen molar-refractivity contribution in [3.63, 3.8) is 0 Å². The zero-order chi connectivity index (χ0) is 17.6. The molecule has 0 saturated heterocycles. The predicted octanol–water partition coefficient (Wildman–Crippen LogP) is 2.99. The first kappa shape index (κ1) is 18.4. The molecule has 1 atom stereocenters. The van der Waals surface area contributed by atoms with Gasteiger partial charge in [-0.15, -0.1) is 11.3 Å². The van der Waals surface area contributed by atoms with Gasteiger partial charge in [0.25, 0.3) is 0 Å². The fourth-order valence-electron chi connectivity index (χ4n) is 2.10. The Hall–Kier alpha value is -1.99. The SMILES string of the molecule is CCNC(=NCc1cc(F)ccc1F)NCC(C)(O)c1cccs1. The number of nitrogens with one attached hydrogen (secondary N) is 2. The zero-order valence-corrected chi connectivity index (χ0v) is 14.5. The number of benzene rings is 1. The first-order chi connectivity index (χ1) is 11.4. The van der Waals surface area contributed by atoms with Crippen LogP contribution in [0, 0.1) is 11.6 Å². The van der Waals surface area contributed by atoms with E-state index in [0.29, 0.717) is 12.5 Å². The fourth-order valence-corrected chi connectivity index (χ4v) is 2.89. The molecule has 4 nitrogen and oxygen atoms in total. The lowest BCUT2D eigenvalue weighted by Crippen LogP contribution is -2.44. The molecule has 0 saturated carbocycles. The molecule has 0 aliphatic carbocycles. The second-order valence-corrected chi connectivity index (χ2v) is 6.48. The molecule has 1 aromatic heterocycles. The van der Waals surface area contributed by atoms with Gasteiger partial charge in [-0.25, -0.2) is 13.8 Å². The van der Waals surface area contributed by atoms with Gasteiger partial charge in [0.1, 0.15) is 17.2 Å². The topological polar surface area (TPSA) is 56.7 Å². The van der Waals surface area contributed by atoms with Crippen molar-refractivity contribution in [1.82, 2.24) is 10.6 Å². The summed E-state index contributed by atoms with van der Waals surface area (Å²) >= 11 is 1.47. The molecule has 0 aliphatic heterocycles. The van der Waals surface area contributed by atoms with Crippen LogP contribution in [0.5, 0.6) is 0 Å². The number of halogens is 2. The van der Waals surface area contributed by atoms with Gasteiger partial charge in [0, 0.05) is 17.0 Å². The van der Waals surface area contributed by atoms with Gasteiger partial charge in [-0.3, -0.25) is 0 Å². The van der Waals surface area contributed by atoms with E-state index in [-0.39, 0.29) is 18.7 Å². The molecule has 0 bridgehead atoms. The van der Waals surface area contributed by atoms with Gasteiger partial charge < -0.3 is 15.7 Å². The summed E-state index contributed by atoms with van der Waals surface area (Å²) in [5.74, 6) is -0.570. The first-order valence-corrected chi connectivity index (χ1v) is 8.53. The van der Waals surface area contributed by atoms with Crippen molar-refractivity contribution in [2.75, 3.05) is 13.1 Å². The van der Waals surface area contributed by atoms with E-state index in [9.17, 15) is 13.9 Å². The van der Waals surface area contributed by atoms with E-state index in [0.717, 1.165) is 23.1 Å². The highest BCUT2D eigenvalue weighted by molar-refractivity contribution is 7.10. The summed E-state index contributed by atoms with van der Waals surface area (Å²) in [6.07, 6.45) is 0. The van der Waals surface area contributed by atoms with Gasteiger partial charge in [-0.1, -0.05) is 6.07 Å². The number of hydrogen-bond donors (Lipinski definition) is 3. The van der Waals surface area contributed by atoms with Crippen molar-refractivity contribution in [2.24, 2.45) is 4.99 Å². The van der Waals surface area contributed by atoms with E-state index in [1.165, 1.54) is 11.3 Å². The van der Waals surface area contributed by atoms with E-state index >= 15 is 0 Å². The minimum atomic E-state index is -1.05. The molecule has 1 unspecified atom stereocenters. The highest BCUT2D eigenvalue weighted by Crippen LogP contribution is 2.24. The average Bonchev–Trinajstić information content (AvgIpc) is 3.08. The highest BCUT2D eigenvalue weighted by atomic mass is 32.1. The lowest BCUT2D eigenvalue weighted by Gasteiger charge is -2.23. The molecule has 1 aromatic carbocycles. The van der Waals surface area contributed by atoms with Gasteiger partial charge >= 0.3 is 0 Å². The normalized spacial score (nSPS) is 14.3. The molecule has 2 aromatic rings. The Labute approximate surface area is 144 Å². The maximum atomic E-state index is 13.7. The summed E-state index contributed by atoms with van der Waals surface area (Å²) in [7, 11) is 0. The van der Waals surface area contributed by atoms with Crippen LogP contribution in [0.2, 0.25) is 0 Å². The van der Waals surface area contributed by atoms with E-state index in [2.05, 4.69) is 15.6 Å². The van der Waals surface area contributed by atoms with Gasteiger partial charge in [0.05, 0.1) is 13.1 Å². The second-order valence-electron chi connectivity index (χ2n) is 5.54. The van der Waals surface area contributed by atoms with Crippen molar-refractivity contribution in [2.45, 2.75) is 26.0 Å². The molecule has 0 spiro atoms. The van der Waals surface area contributed by atoms with Crippen LogP contribution in [0.25, 0.3) is 0 Å². The highest BCUT2D eigenvalue weighted by Gasteiger charge is 2.24. The van der Waals surface area contributed by atoms with Gasteiger partial charge in [-0.2, -0.15) is 0 Å². The third-order valence-corrected chi connectivity index (χ3v) is 4.53. The van der Waals surface area contributed by atoms with E-state index in [4.69, 9.17) is 0 Å². The summed E-state index contributed by atoms with van der Waals surface area (Å²) in [6, 6.07) is 7.02. The smallest absolute Gasteiger partial charge is 0.191 e. The van der Waals surface area contributed by atoms with E-state index in [1.807, 2.05) is 24.4 Å². The Morgan fingerprint density at radius 1 is 1.29 bits per heavy atom. The summed E-state index contributed by atoms with van der Waals surface area (Å²) in [4.78, 5) is 5.09. The Balaban J connectivity index is 2.04. The molecule has 0 aliphatic rings. The third-order valence-electron chi connectivity index (χ3n) is 3.41. The zero-order valence-electron chi connectivity index (χ0n) is 13.6. The molecule has 0 amide bonds. The van der Waals surface area contributed by atoms with Crippen molar-refractivity contribution < 1.29 is 13.9 Å². The maximum Gasteiger partial charge on any atom is 0.191 e. The summed E-state index contributed by atoms with van der Waals surface area (Å²) < 4.78 is 26.9. The molecule has 3 N–H and O–H groups in total. The minimum Gasteiger partial charge on any atom is -0.383 e. The van der Waals surface area contributed by atoms with Crippen molar-refractivity contribution >= 4 is 17.3 Å². The Morgan fingerprint density at radius 2 is 2.08 bits per heavy atom. The Morgan fingerprint density at radius 3 is 2.75 bits per heavy atom.